The molecule has 1 unspecified atom stereocenters. The Hall–Kier alpha value is -3.12. The number of aliphatic hydroxyl groups excluding tert-OH is 1. The van der Waals surface area contributed by atoms with E-state index in [9.17, 15) is 19.8 Å². The summed E-state index contributed by atoms with van der Waals surface area (Å²) in [5.41, 5.74) is 1.12. The van der Waals surface area contributed by atoms with E-state index in [4.69, 9.17) is 4.74 Å². The van der Waals surface area contributed by atoms with E-state index < -0.39 is 17.7 Å². The highest BCUT2D eigenvalue weighted by molar-refractivity contribution is 6.46. The minimum atomic E-state index is -0.753. The molecule has 1 heterocycles. The van der Waals surface area contributed by atoms with Gasteiger partial charge in [-0.2, -0.15) is 0 Å². The highest BCUT2D eigenvalue weighted by Gasteiger charge is 2.45. The zero-order chi connectivity index (χ0) is 20.3. The molecule has 2 aromatic carbocycles. The van der Waals surface area contributed by atoms with Gasteiger partial charge in [-0.3, -0.25) is 9.59 Å². The second-order valence-corrected chi connectivity index (χ2v) is 6.87. The SMILES string of the molecule is CC(C)OCCN1C(=O)C(=O)/C(=C(\O)c2ccccc2)C1c1ccc(O)cc1. The first-order valence-electron chi connectivity index (χ1n) is 9.14. The zero-order valence-corrected chi connectivity index (χ0v) is 15.8. The van der Waals surface area contributed by atoms with Crippen molar-refractivity contribution in [3.8, 4) is 5.75 Å². The summed E-state index contributed by atoms with van der Waals surface area (Å²) in [6.07, 6.45) is -0.00624. The Labute approximate surface area is 163 Å². The van der Waals surface area contributed by atoms with Crippen LogP contribution in [-0.2, 0) is 14.3 Å². The van der Waals surface area contributed by atoms with Crippen molar-refractivity contribution in [2.45, 2.75) is 26.0 Å². The topological polar surface area (TPSA) is 87.1 Å². The van der Waals surface area contributed by atoms with Gasteiger partial charge >= 0.3 is 0 Å². The van der Waals surface area contributed by atoms with Crippen molar-refractivity contribution in [1.29, 1.82) is 0 Å². The van der Waals surface area contributed by atoms with E-state index >= 15 is 0 Å². The number of likely N-dealkylation sites (tertiary alicyclic amines) is 1. The molecule has 0 spiro atoms. The predicted octanol–water partition coefficient (Wildman–Crippen LogP) is 3.24. The number of phenols is 1. The van der Waals surface area contributed by atoms with E-state index in [0.717, 1.165) is 0 Å². The number of hydrogen-bond donors (Lipinski definition) is 2. The van der Waals surface area contributed by atoms with Gasteiger partial charge in [0.2, 0.25) is 0 Å². The van der Waals surface area contributed by atoms with Gasteiger partial charge in [-0.15, -0.1) is 0 Å². The smallest absolute Gasteiger partial charge is 0.295 e. The maximum absolute atomic E-state index is 12.8. The fourth-order valence-electron chi connectivity index (χ4n) is 3.25. The number of phenolic OH excluding ortho intramolecular Hbond substituents is 1. The molecule has 1 fully saturated rings. The Bertz CT molecular complexity index is 887. The van der Waals surface area contributed by atoms with Crippen LogP contribution in [0.5, 0.6) is 5.75 Å². The largest absolute Gasteiger partial charge is 0.508 e. The number of aliphatic hydroxyl groups is 1. The van der Waals surface area contributed by atoms with Crippen molar-refractivity contribution >= 4 is 17.4 Å². The predicted molar refractivity (Wildman–Crippen MR) is 105 cm³/mol. The molecule has 2 aromatic rings. The van der Waals surface area contributed by atoms with Crippen LogP contribution in [0.3, 0.4) is 0 Å². The third-order valence-corrected chi connectivity index (χ3v) is 4.58. The third kappa shape index (κ3) is 3.92. The molecule has 1 aliphatic rings. The molecule has 28 heavy (non-hydrogen) atoms. The van der Waals surface area contributed by atoms with Crippen LogP contribution in [0.1, 0.15) is 31.0 Å². The number of carbonyl (C=O) groups is 2. The van der Waals surface area contributed by atoms with Crippen LogP contribution >= 0.6 is 0 Å². The molecule has 0 saturated carbocycles. The molecule has 3 rings (SSSR count). The van der Waals surface area contributed by atoms with Gasteiger partial charge in [0.05, 0.1) is 24.3 Å². The lowest BCUT2D eigenvalue weighted by Crippen LogP contribution is -2.33. The molecule has 1 aliphatic heterocycles. The zero-order valence-electron chi connectivity index (χ0n) is 15.8. The number of carbonyl (C=O) groups excluding carboxylic acids is 2. The molecule has 0 aromatic heterocycles. The minimum absolute atomic E-state index is 0.00624. The minimum Gasteiger partial charge on any atom is -0.508 e. The number of ketones is 1. The second kappa shape index (κ2) is 8.27. The van der Waals surface area contributed by atoms with Gasteiger partial charge in [0.1, 0.15) is 11.5 Å². The van der Waals surface area contributed by atoms with E-state index in [2.05, 4.69) is 0 Å². The first kappa shape index (κ1) is 19.6. The van der Waals surface area contributed by atoms with Crippen molar-refractivity contribution in [1.82, 2.24) is 4.90 Å². The van der Waals surface area contributed by atoms with Crippen LogP contribution in [0.2, 0.25) is 0 Å². The molecule has 1 saturated heterocycles. The lowest BCUT2D eigenvalue weighted by molar-refractivity contribution is -0.140. The Morgan fingerprint density at radius 1 is 1.07 bits per heavy atom. The first-order chi connectivity index (χ1) is 13.4. The fourth-order valence-corrected chi connectivity index (χ4v) is 3.25. The van der Waals surface area contributed by atoms with Crippen molar-refractivity contribution in [2.24, 2.45) is 0 Å². The lowest BCUT2D eigenvalue weighted by atomic mass is 9.95. The highest BCUT2D eigenvalue weighted by Crippen LogP contribution is 2.39. The molecule has 2 N–H and O–H groups in total. The molecule has 1 amide bonds. The summed E-state index contributed by atoms with van der Waals surface area (Å²) in [5, 5.41) is 20.4. The number of hydrogen-bond acceptors (Lipinski definition) is 5. The van der Waals surface area contributed by atoms with Gasteiger partial charge in [-0.05, 0) is 31.5 Å². The number of aromatic hydroxyl groups is 1. The van der Waals surface area contributed by atoms with Crippen molar-refractivity contribution in [3.05, 3.63) is 71.3 Å². The molecule has 146 valence electrons. The van der Waals surface area contributed by atoms with E-state index in [0.29, 0.717) is 11.1 Å². The van der Waals surface area contributed by atoms with Gasteiger partial charge in [-0.25, -0.2) is 0 Å². The number of benzene rings is 2. The van der Waals surface area contributed by atoms with Crippen molar-refractivity contribution in [3.63, 3.8) is 0 Å². The van der Waals surface area contributed by atoms with Crippen LogP contribution in [0.25, 0.3) is 5.76 Å². The Balaban J connectivity index is 2.07. The van der Waals surface area contributed by atoms with Crippen LogP contribution in [0.4, 0.5) is 0 Å². The van der Waals surface area contributed by atoms with E-state index in [-0.39, 0.29) is 36.3 Å². The average molecular weight is 381 g/mol. The molecule has 0 bridgehead atoms. The van der Waals surface area contributed by atoms with Crippen molar-refractivity contribution in [2.75, 3.05) is 13.2 Å². The molecular weight excluding hydrogens is 358 g/mol. The molecule has 6 nitrogen and oxygen atoms in total. The molecular formula is C22H23NO5. The molecule has 0 aliphatic carbocycles. The molecule has 0 radical (unpaired) electrons. The number of ether oxygens (including phenoxy) is 1. The number of nitrogens with zero attached hydrogens (tertiary/aromatic N) is 1. The summed E-state index contributed by atoms with van der Waals surface area (Å²) in [7, 11) is 0. The third-order valence-electron chi connectivity index (χ3n) is 4.58. The summed E-state index contributed by atoms with van der Waals surface area (Å²) in [6.45, 7) is 4.26. The maximum atomic E-state index is 12.8. The Kier molecular flexibility index (Phi) is 5.80. The summed E-state index contributed by atoms with van der Waals surface area (Å²) < 4.78 is 5.55. The summed E-state index contributed by atoms with van der Waals surface area (Å²) in [5.74, 6) is -1.55. The Morgan fingerprint density at radius 2 is 1.71 bits per heavy atom. The summed E-state index contributed by atoms with van der Waals surface area (Å²) >= 11 is 0. The lowest BCUT2D eigenvalue weighted by Gasteiger charge is -2.25. The standard InChI is InChI=1S/C22H23NO5/c1-14(2)28-13-12-23-19(15-8-10-17(24)11-9-15)18(21(26)22(23)27)20(25)16-6-4-3-5-7-16/h3-11,14,19,24-25H,12-13H2,1-2H3/b20-18-. The number of Topliss-reactive ketones (excluding diaryl/α,β-unsaturated/α-hetero) is 1. The fraction of sp³-hybridized carbons (Fsp3) is 0.273. The van der Waals surface area contributed by atoms with Crippen molar-refractivity contribution < 1.29 is 24.5 Å². The molecule has 1 atom stereocenters. The number of rotatable bonds is 6. The van der Waals surface area contributed by atoms with Crippen LogP contribution < -0.4 is 0 Å². The van der Waals surface area contributed by atoms with Gasteiger partial charge in [-0.1, -0.05) is 42.5 Å². The van der Waals surface area contributed by atoms with Crippen LogP contribution in [0, 0.1) is 0 Å². The number of amides is 1. The van der Waals surface area contributed by atoms with E-state index in [1.807, 2.05) is 13.8 Å². The van der Waals surface area contributed by atoms with Crippen LogP contribution in [0.15, 0.2) is 60.2 Å². The quantitative estimate of drug-likeness (QED) is 0.456. The monoisotopic (exact) mass is 381 g/mol. The first-order valence-corrected chi connectivity index (χ1v) is 9.14. The normalized spacial score (nSPS) is 18.8. The van der Waals surface area contributed by atoms with E-state index in [1.54, 1.807) is 42.5 Å². The van der Waals surface area contributed by atoms with Gasteiger partial charge in [0.15, 0.2) is 0 Å². The average Bonchev–Trinajstić information content (AvgIpc) is 2.93. The maximum Gasteiger partial charge on any atom is 0.295 e. The molecule has 6 heteroatoms. The van der Waals surface area contributed by atoms with Crippen LogP contribution in [-0.4, -0.2) is 46.1 Å². The Morgan fingerprint density at radius 3 is 2.32 bits per heavy atom. The summed E-state index contributed by atoms with van der Waals surface area (Å²) in [4.78, 5) is 26.9. The van der Waals surface area contributed by atoms with Gasteiger partial charge < -0.3 is 19.8 Å². The second-order valence-electron chi connectivity index (χ2n) is 6.87. The van der Waals surface area contributed by atoms with Gasteiger partial charge in [0, 0.05) is 12.1 Å². The highest BCUT2D eigenvalue weighted by atomic mass is 16.5. The summed E-state index contributed by atoms with van der Waals surface area (Å²) in [6, 6.07) is 14.2. The van der Waals surface area contributed by atoms with Gasteiger partial charge in [0.25, 0.3) is 11.7 Å². The van der Waals surface area contributed by atoms with E-state index in [1.165, 1.54) is 17.0 Å².